The topological polar surface area (TPSA) is 20.3 Å². The normalized spacial score (nSPS) is 22.2. The number of hydrogen-bond acceptors (Lipinski definition) is 1. The lowest BCUT2D eigenvalue weighted by molar-refractivity contribution is -0.146. The molecule has 0 radical (unpaired) electrons. The zero-order valence-electron chi connectivity index (χ0n) is 9.35. The van der Waals surface area contributed by atoms with E-state index >= 15 is 0 Å². The first-order valence-electron chi connectivity index (χ1n) is 5.44. The van der Waals surface area contributed by atoms with Crippen molar-refractivity contribution >= 4 is 5.91 Å². The van der Waals surface area contributed by atoms with E-state index in [0.29, 0.717) is 0 Å². The molecular weight excluding hydrogens is 181 g/mol. The molecule has 1 rings (SSSR count). The van der Waals surface area contributed by atoms with Crippen LogP contribution in [0.3, 0.4) is 0 Å². The Morgan fingerprint density at radius 2 is 1.79 bits per heavy atom. The van der Waals surface area contributed by atoms with Crippen molar-refractivity contribution in [2.45, 2.75) is 45.7 Å². The summed E-state index contributed by atoms with van der Waals surface area (Å²) in [6.45, 7) is 6.36. The summed E-state index contributed by atoms with van der Waals surface area (Å²) in [5.41, 5.74) is -1.70. The van der Waals surface area contributed by atoms with Gasteiger partial charge in [-0.05, 0) is 32.1 Å². The summed E-state index contributed by atoms with van der Waals surface area (Å²) in [4.78, 5) is 13.5. The Kier molecular flexibility index (Phi) is 3.51. The molecular formula is C11H20FNO. The van der Waals surface area contributed by atoms with Gasteiger partial charge in [-0.3, -0.25) is 4.79 Å². The van der Waals surface area contributed by atoms with Crippen molar-refractivity contribution in [2.24, 2.45) is 5.92 Å². The molecule has 1 aliphatic heterocycles. The fourth-order valence-electron chi connectivity index (χ4n) is 1.65. The summed E-state index contributed by atoms with van der Waals surface area (Å²) >= 11 is 0. The molecule has 1 saturated heterocycles. The van der Waals surface area contributed by atoms with Gasteiger partial charge >= 0.3 is 0 Å². The van der Waals surface area contributed by atoms with Gasteiger partial charge in [0.15, 0.2) is 5.67 Å². The minimum atomic E-state index is -1.70. The zero-order chi connectivity index (χ0) is 10.8. The van der Waals surface area contributed by atoms with Crippen LogP contribution in [0.5, 0.6) is 0 Å². The lowest BCUT2D eigenvalue weighted by atomic mass is 9.92. The third-order valence-corrected chi connectivity index (χ3v) is 3.15. The van der Waals surface area contributed by atoms with Crippen LogP contribution in [0.4, 0.5) is 4.39 Å². The summed E-state index contributed by atoms with van der Waals surface area (Å²) in [7, 11) is 0. The van der Waals surface area contributed by atoms with Crippen LogP contribution in [-0.4, -0.2) is 29.6 Å². The summed E-state index contributed by atoms with van der Waals surface area (Å²) in [6.07, 6.45) is 3.19. The average Bonchev–Trinajstić information content (AvgIpc) is 2.17. The Morgan fingerprint density at radius 3 is 2.21 bits per heavy atom. The first kappa shape index (κ1) is 11.5. The van der Waals surface area contributed by atoms with Gasteiger partial charge in [-0.25, -0.2) is 4.39 Å². The maximum atomic E-state index is 14.0. The van der Waals surface area contributed by atoms with E-state index in [1.807, 2.05) is 0 Å². The van der Waals surface area contributed by atoms with E-state index in [4.69, 9.17) is 0 Å². The van der Waals surface area contributed by atoms with Gasteiger partial charge in [-0.1, -0.05) is 13.8 Å². The number of rotatable bonds is 2. The van der Waals surface area contributed by atoms with E-state index in [-0.39, 0.29) is 11.8 Å². The second-order valence-corrected chi connectivity index (χ2v) is 4.58. The van der Waals surface area contributed by atoms with Crippen LogP contribution < -0.4 is 0 Å². The lowest BCUT2D eigenvalue weighted by Crippen LogP contribution is -2.49. The molecule has 0 aliphatic carbocycles. The number of halogens is 1. The van der Waals surface area contributed by atoms with Gasteiger partial charge in [-0.15, -0.1) is 0 Å². The van der Waals surface area contributed by atoms with Crippen molar-refractivity contribution in [3.63, 3.8) is 0 Å². The fourth-order valence-corrected chi connectivity index (χ4v) is 1.65. The summed E-state index contributed by atoms with van der Waals surface area (Å²) < 4.78 is 14.0. The highest BCUT2D eigenvalue weighted by Crippen LogP contribution is 2.25. The number of carbonyl (C=O) groups is 1. The molecule has 0 N–H and O–H groups in total. The minimum Gasteiger partial charge on any atom is -0.340 e. The SMILES string of the molecule is CC(C)C(C)(F)C(=O)N1CCCCC1. The van der Waals surface area contributed by atoms with Crippen LogP contribution in [0, 0.1) is 5.92 Å². The van der Waals surface area contributed by atoms with E-state index in [1.165, 1.54) is 6.92 Å². The number of carbonyl (C=O) groups excluding carboxylic acids is 1. The summed E-state index contributed by atoms with van der Waals surface area (Å²) in [5, 5.41) is 0. The van der Waals surface area contributed by atoms with Gasteiger partial charge in [0.25, 0.3) is 5.91 Å². The Balaban J connectivity index is 2.63. The molecule has 14 heavy (non-hydrogen) atoms. The molecule has 0 aromatic rings. The largest absolute Gasteiger partial charge is 0.340 e. The number of piperidine rings is 1. The summed E-state index contributed by atoms with van der Waals surface area (Å²) in [6, 6.07) is 0. The summed E-state index contributed by atoms with van der Waals surface area (Å²) in [5.74, 6) is -0.580. The number of hydrogen-bond donors (Lipinski definition) is 0. The maximum absolute atomic E-state index is 14.0. The second-order valence-electron chi connectivity index (χ2n) is 4.58. The molecule has 1 heterocycles. The quantitative estimate of drug-likeness (QED) is 0.671. The van der Waals surface area contributed by atoms with Crippen molar-refractivity contribution < 1.29 is 9.18 Å². The number of likely N-dealkylation sites (tertiary alicyclic amines) is 1. The van der Waals surface area contributed by atoms with E-state index in [2.05, 4.69) is 0 Å². The molecule has 0 bridgehead atoms. The van der Waals surface area contributed by atoms with Crippen LogP contribution in [-0.2, 0) is 4.79 Å². The van der Waals surface area contributed by atoms with Gasteiger partial charge in [0.1, 0.15) is 0 Å². The lowest BCUT2D eigenvalue weighted by Gasteiger charge is -2.33. The minimum absolute atomic E-state index is 0.253. The molecule has 1 unspecified atom stereocenters. The number of nitrogens with zero attached hydrogens (tertiary/aromatic N) is 1. The standard InChI is InChI=1S/C11H20FNO/c1-9(2)11(3,12)10(14)13-7-5-4-6-8-13/h9H,4-8H2,1-3H3. The molecule has 1 aliphatic rings. The smallest absolute Gasteiger partial charge is 0.260 e. The van der Waals surface area contributed by atoms with Gasteiger partial charge in [0, 0.05) is 13.1 Å². The highest BCUT2D eigenvalue weighted by Gasteiger charge is 2.39. The van der Waals surface area contributed by atoms with Crippen LogP contribution in [0.25, 0.3) is 0 Å². The highest BCUT2D eigenvalue weighted by molar-refractivity contribution is 5.85. The molecule has 0 aromatic heterocycles. The van der Waals surface area contributed by atoms with Crippen molar-refractivity contribution in [3.8, 4) is 0 Å². The first-order chi connectivity index (χ1) is 6.46. The molecule has 2 nitrogen and oxygen atoms in total. The fraction of sp³-hybridized carbons (Fsp3) is 0.909. The molecule has 82 valence electrons. The maximum Gasteiger partial charge on any atom is 0.260 e. The average molecular weight is 201 g/mol. The molecule has 0 saturated carbocycles. The van der Waals surface area contributed by atoms with Crippen molar-refractivity contribution in [3.05, 3.63) is 0 Å². The third-order valence-electron chi connectivity index (χ3n) is 3.15. The van der Waals surface area contributed by atoms with Gasteiger partial charge in [0.2, 0.25) is 0 Å². The molecule has 0 aromatic carbocycles. The monoisotopic (exact) mass is 201 g/mol. The highest BCUT2D eigenvalue weighted by atomic mass is 19.1. The Labute approximate surface area is 85.5 Å². The van der Waals surface area contributed by atoms with E-state index in [0.717, 1.165) is 32.4 Å². The van der Waals surface area contributed by atoms with Gasteiger partial charge < -0.3 is 4.90 Å². The van der Waals surface area contributed by atoms with Crippen molar-refractivity contribution in [1.82, 2.24) is 4.90 Å². The van der Waals surface area contributed by atoms with Crippen LogP contribution in [0.2, 0.25) is 0 Å². The molecule has 0 spiro atoms. The first-order valence-corrected chi connectivity index (χ1v) is 5.44. The van der Waals surface area contributed by atoms with Crippen LogP contribution in [0.1, 0.15) is 40.0 Å². The van der Waals surface area contributed by atoms with Crippen molar-refractivity contribution in [2.75, 3.05) is 13.1 Å². The van der Waals surface area contributed by atoms with E-state index in [1.54, 1.807) is 18.7 Å². The van der Waals surface area contributed by atoms with Crippen LogP contribution in [0.15, 0.2) is 0 Å². The Bertz CT molecular complexity index is 207. The molecule has 1 atom stereocenters. The van der Waals surface area contributed by atoms with E-state index < -0.39 is 5.67 Å². The predicted molar refractivity (Wildman–Crippen MR) is 54.8 cm³/mol. The molecule has 1 amide bonds. The predicted octanol–water partition coefficient (Wildman–Crippen LogP) is 2.38. The zero-order valence-corrected chi connectivity index (χ0v) is 9.35. The van der Waals surface area contributed by atoms with Gasteiger partial charge in [-0.2, -0.15) is 0 Å². The van der Waals surface area contributed by atoms with Crippen LogP contribution >= 0.6 is 0 Å². The Hall–Kier alpha value is -0.600. The molecule has 3 heteroatoms. The number of alkyl halides is 1. The molecule has 1 fully saturated rings. The van der Waals surface area contributed by atoms with Crippen molar-refractivity contribution in [1.29, 1.82) is 0 Å². The number of amides is 1. The van der Waals surface area contributed by atoms with Gasteiger partial charge in [0.05, 0.1) is 0 Å². The van der Waals surface area contributed by atoms with E-state index in [9.17, 15) is 9.18 Å². The second kappa shape index (κ2) is 4.28. The Morgan fingerprint density at radius 1 is 1.29 bits per heavy atom. The third kappa shape index (κ3) is 2.25.